The van der Waals surface area contributed by atoms with E-state index in [1.54, 1.807) is 6.07 Å². The number of sulfone groups is 1. The number of carbonyl (C=O) groups excluding carboxylic acids is 1. The lowest BCUT2D eigenvalue weighted by molar-refractivity contribution is -0.142. The number of aliphatic hydroxyl groups is 1. The summed E-state index contributed by atoms with van der Waals surface area (Å²) in [6.07, 6.45) is 3.49. The lowest BCUT2D eigenvalue weighted by Gasteiger charge is -2.27. The summed E-state index contributed by atoms with van der Waals surface area (Å²) in [6.45, 7) is 9.24. The van der Waals surface area contributed by atoms with Gasteiger partial charge in [0.1, 0.15) is 5.82 Å². The van der Waals surface area contributed by atoms with Gasteiger partial charge in [0.05, 0.1) is 35.2 Å². The molecule has 3 rings (SSSR count). The standard InChI is InChI=1S/C22H32N2O5S/c1-20(2,3)18-23-16-13-15(30(27,28)21(4,5)19(25)29-6)9-10-17(16)24(18)14-22(26)11-7-8-12-22/h9-10,13,26H,7-8,11-12,14H2,1-6H3. The third-order valence-electron chi connectivity index (χ3n) is 6.04. The van der Waals surface area contributed by atoms with Crippen molar-refractivity contribution >= 4 is 26.8 Å². The van der Waals surface area contributed by atoms with E-state index in [0.717, 1.165) is 37.0 Å². The molecule has 7 nitrogen and oxygen atoms in total. The zero-order chi connectivity index (χ0) is 22.5. The number of rotatable bonds is 5. The van der Waals surface area contributed by atoms with Gasteiger partial charge in [-0.05, 0) is 44.9 Å². The first kappa shape index (κ1) is 22.7. The van der Waals surface area contributed by atoms with Gasteiger partial charge in [0.15, 0.2) is 14.6 Å². The van der Waals surface area contributed by atoms with Crippen LogP contribution in [0.2, 0.25) is 0 Å². The number of aromatic nitrogens is 2. The molecule has 0 amide bonds. The smallest absolute Gasteiger partial charge is 0.327 e. The van der Waals surface area contributed by atoms with Crippen LogP contribution in [0.15, 0.2) is 23.1 Å². The Hall–Kier alpha value is -1.93. The van der Waals surface area contributed by atoms with Crippen molar-refractivity contribution in [2.75, 3.05) is 7.11 Å². The molecule has 0 saturated heterocycles. The minimum atomic E-state index is -3.99. The number of ether oxygens (including phenoxy) is 1. The van der Waals surface area contributed by atoms with Crippen LogP contribution in [0.3, 0.4) is 0 Å². The summed E-state index contributed by atoms with van der Waals surface area (Å²) < 4.78 is 31.3. The van der Waals surface area contributed by atoms with Crippen LogP contribution in [0.5, 0.6) is 0 Å². The van der Waals surface area contributed by atoms with Crippen molar-refractivity contribution in [3.05, 3.63) is 24.0 Å². The predicted molar refractivity (Wildman–Crippen MR) is 115 cm³/mol. The second kappa shape index (κ2) is 7.34. The third-order valence-corrected chi connectivity index (χ3v) is 8.42. The number of esters is 1. The van der Waals surface area contributed by atoms with Gasteiger partial charge < -0.3 is 14.4 Å². The summed E-state index contributed by atoms with van der Waals surface area (Å²) in [4.78, 5) is 16.9. The maximum atomic E-state index is 13.1. The number of hydrogen-bond acceptors (Lipinski definition) is 6. The van der Waals surface area contributed by atoms with Crippen molar-refractivity contribution in [1.29, 1.82) is 0 Å². The van der Waals surface area contributed by atoms with Crippen molar-refractivity contribution in [3.8, 4) is 0 Å². The molecule has 1 aliphatic carbocycles. The van der Waals surface area contributed by atoms with E-state index in [4.69, 9.17) is 9.72 Å². The van der Waals surface area contributed by atoms with Crippen molar-refractivity contribution in [2.45, 2.75) is 87.5 Å². The highest BCUT2D eigenvalue weighted by molar-refractivity contribution is 7.93. The second-order valence-electron chi connectivity index (χ2n) is 9.86. The van der Waals surface area contributed by atoms with Crippen LogP contribution in [0, 0.1) is 0 Å². The molecular formula is C22H32N2O5S. The van der Waals surface area contributed by atoms with Gasteiger partial charge in [-0.25, -0.2) is 13.4 Å². The fraction of sp³-hybridized carbons (Fsp3) is 0.636. The van der Waals surface area contributed by atoms with E-state index in [1.807, 2.05) is 25.3 Å². The van der Waals surface area contributed by atoms with Crippen LogP contribution in [0.25, 0.3) is 11.0 Å². The van der Waals surface area contributed by atoms with Crippen LogP contribution in [0.4, 0.5) is 0 Å². The highest BCUT2D eigenvalue weighted by Gasteiger charge is 2.44. The first-order chi connectivity index (χ1) is 13.7. The van der Waals surface area contributed by atoms with Crippen molar-refractivity contribution in [3.63, 3.8) is 0 Å². The van der Waals surface area contributed by atoms with Crippen LogP contribution < -0.4 is 0 Å². The largest absolute Gasteiger partial charge is 0.468 e. The summed E-state index contributed by atoms with van der Waals surface area (Å²) in [5, 5.41) is 11.0. The molecule has 0 unspecified atom stereocenters. The normalized spacial score (nSPS) is 17.4. The number of benzene rings is 1. The van der Waals surface area contributed by atoms with Crippen molar-refractivity contribution in [2.24, 2.45) is 0 Å². The topological polar surface area (TPSA) is 98.5 Å². The van der Waals surface area contributed by atoms with Crippen LogP contribution >= 0.6 is 0 Å². The predicted octanol–water partition coefficient (Wildman–Crippen LogP) is 3.36. The Balaban J connectivity index is 2.15. The molecule has 1 aromatic heterocycles. The van der Waals surface area contributed by atoms with E-state index in [0.29, 0.717) is 12.1 Å². The number of carbonyl (C=O) groups is 1. The van der Waals surface area contributed by atoms with Gasteiger partial charge in [-0.15, -0.1) is 0 Å². The molecule has 2 aromatic rings. The molecule has 30 heavy (non-hydrogen) atoms. The molecule has 0 aliphatic heterocycles. The van der Waals surface area contributed by atoms with E-state index in [1.165, 1.54) is 33.1 Å². The minimum Gasteiger partial charge on any atom is -0.468 e. The summed E-state index contributed by atoms with van der Waals surface area (Å²) in [5.41, 5.74) is 0.238. The molecule has 1 N–H and O–H groups in total. The summed E-state index contributed by atoms with van der Waals surface area (Å²) in [6, 6.07) is 4.74. The second-order valence-corrected chi connectivity index (χ2v) is 12.4. The monoisotopic (exact) mass is 436 g/mol. The van der Waals surface area contributed by atoms with E-state index >= 15 is 0 Å². The quantitative estimate of drug-likeness (QED) is 0.722. The average molecular weight is 437 g/mol. The Morgan fingerprint density at radius 3 is 2.33 bits per heavy atom. The molecule has 8 heteroatoms. The van der Waals surface area contributed by atoms with Gasteiger partial charge in [0.2, 0.25) is 0 Å². The van der Waals surface area contributed by atoms with Gasteiger partial charge >= 0.3 is 5.97 Å². The molecule has 1 heterocycles. The van der Waals surface area contributed by atoms with Crippen LogP contribution in [0.1, 0.15) is 66.1 Å². The molecule has 1 aromatic carbocycles. The van der Waals surface area contributed by atoms with E-state index in [2.05, 4.69) is 0 Å². The van der Waals surface area contributed by atoms with Gasteiger partial charge in [-0.1, -0.05) is 33.6 Å². The lowest BCUT2D eigenvalue weighted by atomic mass is 9.94. The van der Waals surface area contributed by atoms with E-state index in [9.17, 15) is 18.3 Å². The zero-order valence-corrected chi connectivity index (χ0v) is 19.5. The fourth-order valence-corrected chi connectivity index (χ4v) is 5.55. The first-order valence-electron chi connectivity index (χ1n) is 10.3. The molecular weight excluding hydrogens is 404 g/mol. The first-order valence-corrected chi connectivity index (χ1v) is 11.8. The Kier molecular flexibility index (Phi) is 5.56. The van der Waals surface area contributed by atoms with Gasteiger partial charge in [-0.3, -0.25) is 4.79 Å². The third kappa shape index (κ3) is 3.75. The highest BCUT2D eigenvalue weighted by atomic mass is 32.2. The molecule has 1 aliphatic rings. The Morgan fingerprint density at radius 2 is 1.80 bits per heavy atom. The van der Waals surface area contributed by atoms with Crippen LogP contribution in [-0.2, 0) is 31.3 Å². The van der Waals surface area contributed by atoms with Crippen molar-refractivity contribution in [1.82, 2.24) is 9.55 Å². The number of nitrogens with zero attached hydrogens (tertiary/aromatic N) is 2. The van der Waals surface area contributed by atoms with E-state index < -0.39 is 26.2 Å². The van der Waals surface area contributed by atoms with Gasteiger partial charge in [0.25, 0.3) is 0 Å². The molecule has 0 spiro atoms. The summed E-state index contributed by atoms with van der Waals surface area (Å²) in [7, 11) is -2.81. The SMILES string of the molecule is COC(=O)C(C)(C)S(=O)(=O)c1ccc2c(c1)nc(C(C)(C)C)n2CC1(O)CCCC1. The molecule has 0 bridgehead atoms. The number of fused-ring (bicyclic) bond motifs is 1. The summed E-state index contributed by atoms with van der Waals surface area (Å²) >= 11 is 0. The maximum absolute atomic E-state index is 13.1. The average Bonchev–Trinajstić information content (AvgIpc) is 3.24. The molecule has 1 fully saturated rings. The zero-order valence-electron chi connectivity index (χ0n) is 18.7. The Bertz CT molecular complexity index is 1070. The number of hydrogen-bond donors (Lipinski definition) is 1. The fourth-order valence-electron chi connectivity index (χ4n) is 4.15. The Labute approximate surface area is 178 Å². The Morgan fingerprint density at radius 1 is 1.20 bits per heavy atom. The molecule has 0 radical (unpaired) electrons. The number of methoxy groups -OCH3 is 1. The molecule has 166 valence electrons. The number of imidazole rings is 1. The van der Waals surface area contributed by atoms with Crippen LogP contribution in [-0.4, -0.2) is 46.5 Å². The van der Waals surface area contributed by atoms with Crippen molar-refractivity contribution < 1.29 is 23.1 Å². The highest BCUT2D eigenvalue weighted by Crippen LogP contribution is 2.36. The molecule has 1 saturated carbocycles. The molecule has 0 atom stereocenters. The van der Waals surface area contributed by atoms with Gasteiger partial charge in [0, 0.05) is 5.41 Å². The van der Waals surface area contributed by atoms with Gasteiger partial charge in [-0.2, -0.15) is 0 Å². The van der Waals surface area contributed by atoms with E-state index in [-0.39, 0.29) is 10.3 Å². The lowest BCUT2D eigenvalue weighted by Crippen LogP contribution is -2.41. The summed E-state index contributed by atoms with van der Waals surface area (Å²) in [5.74, 6) is -0.0217. The minimum absolute atomic E-state index is 0.0232. The maximum Gasteiger partial charge on any atom is 0.327 e.